The highest BCUT2D eigenvalue weighted by atomic mass is 19.4. The Balaban J connectivity index is 2.89. The molecule has 0 saturated carbocycles. The molecule has 0 aromatic carbocycles. The zero-order chi connectivity index (χ0) is 14.5. The summed E-state index contributed by atoms with van der Waals surface area (Å²) in [4.78, 5) is 11.6. The summed E-state index contributed by atoms with van der Waals surface area (Å²) in [6.45, 7) is 2.94. The molecule has 0 atom stereocenters. The maximum atomic E-state index is 12.2. The highest BCUT2D eigenvalue weighted by Crippen LogP contribution is 2.20. The molecule has 0 spiro atoms. The van der Waals surface area contributed by atoms with Crippen LogP contribution in [0.25, 0.3) is 0 Å². The molecule has 1 N–H and O–H groups in total. The number of anilines is 1. The first-order chi connectivity index (χ1) is 8.87. The van der Waals surface area contributed by atoms with Gasteiger partial charge in [-0.3, -0.25) is 4.68 Å². The molecule has 0 aliphatic carbocycles. The lowest BCUT2D eigenvalue weighted by Crippen LogP contribution is -2.22. The summed E-state index contributed by atoms with van der Waals surface area (Å²) in [5.41, 5.74) is -0.0937. The number of aromatic nitrogens is 2. The van der Waals surface area contributed by atoms with Gasteiger partial charge in [0.15, 0.2) is 5.69 Å². The van der Waals surface area contributed by atoms with Crippen molar-refractivity contribution in [2.24, 2.45) is 0 Å². The molecule has 19 heavy (non-hydrogen) atoms. The quantitative estimate of drug-likeness (QED) is 0.813. The molecule has 1 heterocycles. The molecule has 108 valence electrons. The number of hydrogen-bond acceptors (Lipinski definition) is 4. The van der Waals surface area contributed by atoms with Crippen LogP contribution >= 0.6 is 0 Å². The second-order valence-corrected chi connectivity index (χ2v) is 3.84. The number of rotatable bonds is 6. The fourth-order valence-electron chi connectivity index (χ4n) is 1.44. The van der Waals surface area contributed by atoms with Gasteiger partial charge in [-0.25, -0.2) is 4.79 Å². The molecule has 0 aliphatic rings. The van der Waals surface area contributed by atoms with E-state index in [1.54, 1.807) is 6.92 Å². The molecule has 0 fully saturated rings. The van der Waals surface area contributed by atoms with Crippen molar-refractivity contribution in [2.75, 3.05) is 18.5 Å². The monoisotopic (exact) mass is 279 g/mol. The van der Waals surface area contributed by atoms with E-state index in [4.69, 9.17) is 4.74 Å². The number of esters is 1. The smallest absolute Gasteiger partial charge is 0.405 e. The Morgan fingerprint density at radius 1 is 1.47 bits per heavy atom. The van der Waals surface area contributed by atoms with Crippen LogP contribution < -0.4 is 5.32 Å². The molecule has 0 amide bonds. The predicted octanol–water partition coefficient (Wildman–Crippen LogP) is 2.44. The topological polar surface area (TPSA) is 56.2 Å². The normalized spacial score (nSPS) is 11.4. The highest BCUT2D eigenvalue weighted by molar-refractivity contribution is 5.93. The zero-order valence-electron chi connectivity index (χ0n) is 10.8. The van der Waals surface area contributed by atoms with Crippen LogP contribution in [0.15, 0.2) is 6.20 Å². The van der Waals surface area contributed by atoms with Gasteiger partial charge in [-0.1, -0.05) is 6.92 Å². The van der Waals surface area contributed by atoms with E-state index in [-0.39, 0.29) is 18.0 Å². The van der Waals surface area contributed by atoms with Gasteiger partial charge in [0.05, 0.1) is 12.3 Å². The number of aryl methyl sites for hydroxylation is 1. The molecule has 1 aromatic heterocycles. The Morgan fingerprint density at radius 2 is 2.16 bits per heavy atom. The Hall–Kier alpha value is -1.73. The third-order valence-corrected chi connectivity index (χ3v) is 2.16. The maximum absolute atomic E-state index is 12.2. The van der Waals surface area contributed by atoms with E-state index in [0.717, 1.165) is 6.42 Å². The third kappa shape index (κ3) is 4.80. The van der Waals surface area contributed by atoms with E-state index in [9.17, 15) is 18.0 Å². The first-order valence-electron chi connectivity index (χ1n) is 5.92. The SMILES string of the molecule is CCCn1cc(NCC(F)(F)F)c(C(=O)OCC)n1. The lowest BCUT2D eigenvalue weighted by atomic mass is 10.3. The average molecular weight is 279 g/mol. The molecule has 5 nitrogen and oxygen atoms in total. The third-order valence-electron chi connectivity index (χ3n) is 2.16. The summed E-state index contributed by atoms with van der Waals surface area (Å²) in [6.07, 6.45) is -2.23. The second-order valence-electron chi connectivity index (χ2n) is 3.84. The van der Waals surface area contributed by atoms with E-state index in [2.05, 4.69) is 10.4 Å². The van der Waals surface area contributed by atoms with Crippen molar-refractivity contribution >= 4 is 11.7 Å². The van der Waals surface area contributed by atoms with Crippen molar-refractivity contribution in [1.82, 2.24) is 9.78 Å². The van der Waals surface area contributed by atoms with Gasteiger partial charge in [0.1, 0.15) is 6.54 Å². The molecule has 0 aliphatic heterocycles. The molecule has 0 bridgehead atoms. The maximum Gasteiger partial charge on any atom is 0.405 e. The minimum atomic E-state index is -4.36. The summed E-state index contributed by atoms with van der Waals surface area (Å²) in [5, 5.41) is 6.09. The predicted molar refractivity (Wildman–Crippen MR) is 63.0 cm³/mol. The molecule has 0 unspecified atom stereocenters. The average Bonchev–Trinajstić information content (AvgIpc) is 2.70. The molecular formula is C11H16F3N3O2. The highest BCUT2D eigenvalue weighted by Gasteiger charge is 2.28. The van der Waals surface area contributed by atoms with Crippen molar-refractivity contribution in [3.63, 3.8) is 0 Å². The van der Waals surface area contributed by atoms with E-state index in [1.165, 1.54) is 10.9 Å². The van der Waals surface area contributed by atoms with Gasteiger partial charge >= 0.3 is 12.1 Å². The van der Waals surface area contributed by atoms with E-state index in [0.29, 0.717) is 6.54 Å². The lowest BCUT2D eigenvalue weighted by Gasteiger charge is -2.08. The Bertz CT molecular complexity index is 429. The number of carbonyl (C=O) groups excluding carboxylic acids is 1. The van der Waals surface area contributed by atoms with Crippen molar-refractivity contribution in [2.45, 2.75) is 33.0 Å². The van der Waals surface area contributed by atoms with Crippen LogP contribution in [-0.2, 0) is 11.3 Å². The first kappa shape index (κ1) is 15.3. The van der Waals surface area contributed by atoms with Gasteiger partial charge in [-0.05, 0) is 13.3 Å². The van der Waals surface area contributed by atoms with Crippen molar-refractivity contribution in [3.8, 4) is 0 Å². The van der Waals surface area contributed by atoms with Crippen LogP contribution in [0.2, 0.25) is 0 Å². The molecule has 0 radical (unpaired) electrons. The number of carbonyl (C=O) groups is 1. The zero-order valence-corrected chi connectivity index (χ0v) is 10.8. The van der Waals surface area contributed by atoms with Crippen LogP contribution in [0.1, 0.15) is 30.8 Å². The minimum Gasteiger partial charge on any atom is -0.461 e. The van der Waals surface area contributed by atoms with E-state index >= 15 is 0 Å². The van der Waals surface area contributed by atoms with Crippen LogP contribution in [-0.4, -0.2) is 35.1 Å². The van der Waals surface area contributed by atoms with Crippen molar-refractivity contribution in [1.29, 1.82) is 0 Å². The largest absolute Gasteiger partial charge is 0.461 e. The number of hydrogen-bond donors (Lipinski definition) is 1. The summed E-state index contributed by atoms with van der Waals surface area (Å²) in [7, 11) is 0. The Kier molecular flexibility index (Phi) is 5.20. The summed E-state index contributed by atoms with van der Waals surface area (Å²) >= 11 is 0. The standard InChI is InChI=1S/C11H16F3N3O2/c1-3-5-17-6-8(15-7-11(12,13)14)9(16-17)10(18)19-4-2/h6,15H,3-5,7H2,1-2H3. The summed E-state index contributed by atoms with van der Waals surface area (Å²) < 4.78 is 42.7. The van der Waals surface area contributed by atoms with Gasteiger partial charge in [0.2, 0.25) is 0 Å². The van der Waals surface area contributed by atoms with Crippen molar-refractivity contribution in [3.05, 3.63) is 11.9 Å². The molecule has 1 rings (SSSR count). The minimum absolute atomic E-state index is 0.0317. The summed E-state index contributed by atoms with van der Waals surface area (Å²) in [5.74, 6) is -0.734. The fraction of sp³-hybridized carbons (Fsp3) is 0.636. The number of nitrogens with one attached hydrogen (secondary N) is 1. The lowest BCUT2D eigenvalue weighted by molar-refractivity contribution is -0.115. The van der Waals surface area contributed by atoms with Gasteiger partial charge < -0.3 is 10.1 Å². The van der Waals surface area contributed by atoms with Gasteiger partial charge in [-0.2, -0.15) is 18.3 Å². The second kappa shape index (κ2) is 6.44. The van der Waals surface area contributed by atoms with Crippen molar-refractivity contribution < 1.29 is 22.7 Å². The van der Waals surface area contributed by atoms with E-state index < -0.39 is 18.7 Å². The van der Waals surface area contributed by atoms with Gasteiger partial charge in [0.25, 0.3) is 0 Å². The molecule has 1 aromatic rings. The van der Waals surface area contributed by atoms with Crippen LogP contribution in [0, 0.1) is 0 Å². The van der Waals surface area contributed by atoms with Gasteiger partial charge in [-0.15, -0.1) is 0 Å². The van der Waals surface area contributed by atoms with Crippen LogP contribution in [0.3, 0.4) is 0 Å². The van der Waals surface area contributed by atoms with Crippen LogP contribution in [0.4, 0.5) is 18.9 Å². The first-order valence-corrected chi connectivity index (χ1v) is 5.92. The summed E-state index contributed by atoms with van der Waals surface area (Å²) in [6, 6.07) is 0. The molecular weight excluding hydrogens is 263 g/mol. The Morgan fingerprint density at radius 3 is 2.68 bits per heavy atom. The molecule has 0 saturated heterocycles. The molecule has 8 heteroatoms. The van der Waals surface area contributed by atoms with Crippen LogP contribution in [0.5, 0.6) is 0 Å². The number of alkyl halides is 3. The number of ether oxygens (including phenoxy) is 1. The van der Waals surface area contributed by atoms with Gasteiger partial charge in [0, 0.05) is 12.7 Å². The van der Waals surface area contributed by atoms with E-state index in [1.807, 2.05) is 6.92 Å². The number of nitrogens with zero attached hydrogens (tertiary/aromatic N) is 2. The Labute approximate surface area is 108 Å². The fourth-order valence-corrected chi connectivity index (χ4v) is 1.44. The number of halogens is 3.